The molecule has 1 aromatic rings. The number of rotatable bonds is 6. The van der Waals surface area contributed by atoms with Crippen molar-refractivity contribution in [1.29, 1.82) is 0 Å². The largest absolute Gasteiger partial charge is 0.465 e. The highest BCUT2D eigenvalue weighted by molar-refractivity contribution is 5.98. The first kappa shape index (κ1) is 15.3. The standard InChI is InChI=1S/C14H23N3O2/c1-16(2)9-6-10-17(3)12-8-5-7-11(13(12)15)14(18)19-4/h5,7-8H,6,9-10,15H2,1-4H3. The van der Waals surface area contributed by atoms with Gasteiger partial charge in [-0.15, -0.1) is 0 Å². The van der Waals surface area contributed by atoms with Crippen LogP contribution in [0.15, 0.2) is 18.2 Å². The van der Waals surface area contributed by atoms with Crippen LogP contribution in [-0.2, 0) is 4.74 Å². The maximum absolute atomic E-state index is 11.6. The van der Waals surface area contributed by atoms with Gasteiger partial charge >= 0.3 is 5.97 Å². The third kappa shape index (κ3) is 4.13. The molecule has 0 unspecified atom stereocenters. The summed E-state index contributed by atoms with van der Waals surface area (Å²) >= 11 is 0. The van der Waals surface area contributed by atoms with Gasteiger partial charge in [-0.05, 0) is 39.2 Å². The fourth-order valence-corrected chi connectivity index (χ4v) is 1.92. The quantitative estimate of drug-likeness (QED) is 0.623. The first-order chi connectivity index (χ1) is 8.97. The molecule has 0 atom stereocenters. The molecule has 0 aliphatic heterocycles. The van der Waals surface area contributed by atoms with Gasteiger partial charge in [0.05, 0.1) is 24.0 Å². The number of nitrogen functional groups attached to an aromatic ring is 1. The zero-order valence-electron chi connectivity index (χ0n) is 12.1. The molecule has 19 heavy (non-hydrogen) atoms. The van der Waals surface area contributed by atoms with Gasteiger partial charge in [-0.25, -0.2) is 4.79 Å². The van der Waals surface area contributed by atoms with Crippen molar-refractivity contribution in [2.45, 2.75) is 6.42 Å². The Labute approximate surface area is 114 Å². The van der Waals surface area contributed by atoms with Gasteiger partial charge in [0.15, 0.2) is 0 Å². The minimum absolute atomic E-state index is 0.402. The van der Waals surface area contributed by atoms with E-state index in [9.17, 15) is 4.79 Å². The van der Waals surface area contributed by atoms with Crippen LogP contribution in [0, 0.1) is 0 Å². The van der Waals surface area contributed by atoms with Crippen LogP contribution in [0.3, 0.4) is 0 Å². The number of anilines is 2. The van der Waals surface area contributed by atoms with Crippen molar-refractivity contribution in [3.63, 3.8) is 0 Å². The first-order valence-electron chi connectivity index (χ1n) is 6.30. The second kappa shape index (κ2) is 6.99. The Morgan fingerprint density at radius 1 is 1.26 bits per heavy atom. The van der Waals surface area contributed by atoms with E-state index in [1.165, 1.54) is 7.11 Å². The van der Waals surface area contributed by atoms with Crippen LogP contribution >= 0.6 is 0 Å². The van der Waals surface area contributed by atoms with Crippen molar-refractivity contribution < 1.29 is 9.53 Å². The Balaban J connectivity index is 2.80. The molecule has 0 bridgehead atoms. The zero-order valence-corrected chi connectivity index (χ0v) is 12.1. The van der Waals surface area contributed by atoms with E-state index < -0.39 is 5.97 Å². The molecule has 0 radical (unpaired) electrons. The molecule has 0 saturated heterocycles. The van der Waals surface area contributed by atoms with Crippen molar-refractivity contribution >= 4 is 17.3 Å². The van der Waals surface area contributed by atoms with Gasteiger partial charge < -0.3 is 20.3 Å². The van der Waals surface area contributed by atoms with Gasteiger partial charge in [-0.2, -0.15) is 0 Å². The molecule has 0 aromatic heterocycles. The average molecular weight is 265 g/mol. The van der Waals surface area contributed by atoms with E-state index in [2.05, 4.69) is 9.80 Å². The van der Waals surface area contributed by atoms with Crippen LogP contribution in [-0.4, -0.2) is 52.2 Å². The summed E-state index contributed by atoms with van der Waals surface area (Å²) in [6.07, 6.45) is 1.03. The van der Waals surface area contributed by atoms with E-state index in [1.54, 1.807) is 6.07 Å². The molecule has 0 spiro atoms. The summed E-state index contributed by atoms with van der Waals surface area (Å²) in [5.74, 6) is -0.402. The Kier molecular flexibility index (Phi) is 5.63. The Hall–Kier alpha value is -1.75. The number of para-hydroxylation sites is 1. The molecule has 1 aromatic carbocycles. The second-order valence-electron chi connectivity index (χ2n) is 4.81. The van der Waals surface area contributed by atoms with Crippen LogP contribution in [0.25, 0.3) is 0 Å². The van der Waals surface area contributed by atoms with Crippen LogP contribution in [0.2, 0.25) is 0 Å². The van der Waals surface area contributed by atoms with Crippen molar-refractivity contribution in [3.8, 4) is 0 Å². The van der Waals surface area contributed by atoms with Gasteiger partial charge in [-0.1, -0.05) is 6.07 Å². The maximum atomic E-state index is 11.6. The highest BCUT2D eigenvalue weighted by Gasteiger charge is 2.14. The highest BCUT2D eigenvalue weighted by atomic mass is 16.5. The van der Waals surface area contributed by atoms with Gasteiger partial charge in [-0.3, -0.25) is 0 Å². The predicted molar refractivity (Wildman–Crippen MR) is 78.6 cm³/mol. The number of hydrogen-bond donors (Lipinski definition) is 1. The third-order valence-corrected chi connectivity index (χ3v) is 3.00. The molecule has 106 valence electrons. The van der Waals surface area contributed by atoms with E-state index in [4.69, 9.17) is 10.5 Å². The number of ether oxygens (including phenoxy) is 1. The molecule has 2 N–H and O–H groups in total. The number of methoxy groups -OCH3 is 1. The van der Waals surface area contributed by atoms with Crippen molar-refractivity contribution in [2.75, 3.05) is 52.0 Å². The molecular weight excluding hydrogens is 242 g/mol. The second-order valence-corrected chi connectivity index (χ2v) is 4.81. The van der Waals surface area contributed by atoms with Crippen molar-refractivity contribution in [2.24, 2.45) is 0 Å². The molecule has 0 heterocycles. The number of benzene rings is 1. The number of hydrogen-bond acceptors (Lipinski definition) is 5. The SMILES string of the molecule is COC(=O)c1cccc(N(C)CCCN(C)C)c1N. The maximum Gasteiger partial charge on any atom is 0.340 e. The summed E-state index contributed by atoms with van der Waals surface area (Å²) in [5.41, 5.74) is 7.79. The fraction of sp³-hybridized carbons (Fsp3) is 0.500. The lowest BCUT2D eigenvalue weighted by atomic mass is 10.1. The summed E-state index contributed by atoms with van der Waals surface area (Å²) in [6, 6.07) is 5.41. The van der Waals surface area contributed by atoms with E-state index in [1.807, 2.05) is 33.3 Å². The molecule has 0 aliphatic carbocycles. The summed E-state index contributed by atoms with van der Waals surface area (Å²) in [5, 5.41) is 0. The van der Waals surface area contributed by atoms with E-state index in [-0.39, 0.29) is 0 Å². The summed E-state index contributed by atoms with van der Waals surface area (Å²) in [7, 11) is 7.43. The van der Waals surface area contributed by atoms with Gasteiger partial charge in [0, 0.05) is 13.6 Å². The third-order valence-electron chi connectivity index (χ3n) is 3.00. The van der Waals surface area contributed by atoms with E-state index in [0.29, 0.717) is 11.3 Å². The highest BCUT2D eigenvalue weighted by Crippen LogP contribution is 2.26. The fourth-order valence-electron chi connectivity index (χ4n) is 1.92. The molecule has 1 rings (SSSR count). The Bertz CT molecular complexity index is 433. The predicted octanol–water partition coefficient (Wildman–Crippen LogP) is 1.44. The summed E-state index contributed by atoms with van der Waals surface area (Å²) < 4.78 is 4.72. The van der Waals surface area contributed by atoms with Crippen molar-refractivity contribution in [3.05, 3.63) is 23.8 Å². The first-order valence-corrected chi connectivity index (χ1v) is 6.30. The lowest BCUT2D eigenvalue weighted by Gasteiger charge is -2.22. The van der Waals surface area contributed by atoms with Crippen molar-refractivity contribution in [1.82, 2.24) is 4.90 Å². The molecule has 0 saturated carbocycles. The normalized spacial score (nSPS) is 10.6. The molecule has 0 aliphatic rings. The lowest BCUT2D eigenvalue weighted by Crippen LogP contribution is -2.24. The van der Waals surface area contributed by atoms with Crippen LogP contribution in [0.5, 0.6) is 0 Å². The molecular formula is C14H23N3O2. The summed E-state index contributed by atoms with van der Waals surface area (Å²) in [4.78, 5) is 15.8. The number of carbonyl (C=O) groups is 1. The zero-order chi connectivity index (χ0) is 14.4. The van der Waals surface area contributed by atoms with Gasteiger partial charge in [0.1, 0.15) is 0 Å². The van der Waals surface area contributed by atoms with Gasteiger partial charge in [0.25, 0.3) is 0 Å². The minimum Gasteiger partial charge on any atom is -0.465 e. The van der Waals surface area contributed by atoms with Crippen LogP contribution in [0.1, 0.15) is 16.8 Å². The van der Waals surface area contributed by atoms with E-state index in [0.717, 1.165) is 25.2 Å². The monoisotopic (exact) mass is 265 g/mol. The number of esters is 1. The molecule has 5 nitrogen and oxygen atoms in total. The van der Waals surface area contributed by atoms with Crippen LogP contribution < -0.4 is 10.6 Å². The topological polar surface area (TPSA) is 58.8 Å². The number of nitrogens with two attached hydrogens (primary N) is 1. The van der Waals surface area contributed by atoms with Crippen LogP contribution in [0.4, 0.5) is 11.4 Å². The van der Waals surface area contributed by atoms with Gasteiger partial charge in [0.2, 0.25) is 0 Å². The van der Waals surface area contributed by atoms with E-state index >= 15 is 0 Å². The molecule has 0 fully saturated rings. The Morgan fingerprint density at radius 3 is 2.53 bits per heavy atom. The number of carbonyl (C=O) groups excluding carboxylic acids is 1. The summed E-state index contributed by atoms with van der Waals surface area (Å²) in [6.45, 7) is 1.90. The molecule has 0 amide bonds. The lowest BCUT2D eigenvalue weighted by molar-refractivity contribution is 0.0602. The minimum atomic E-state index is -0.402. The average Bonchev–Trinajstić information content (AvgIpc) is 2.37. The molecule has 5 heteroatoms. The number of nitrogens with zero attached hydrogens (tertiary/aromatic N) is 2. The smallest absolute Gasteiger partial charge is 0.340 e. The Morgan fingerprint density at radius 2 is 1.95 bits per heavy atom.